The lowest BCUT2D eigenvalue weighted by atomic mass is 10.1. The monoisotopic (exact) mass is 436 g/mol. The Hall–Kier alpha value is -3.16. The van der Waals surface area contributed by atoms with Gasteiger partial charge in [-0.1, -0.05) is 30.3 Å². The minimum absolute atomic E-state index is 0.0361. The standard InChI is InChI=1S/C24H24N2O4S/c1-17-14-20-9-8-18(15-23(20)26(17)24(27)19-6-4-3-5-7-19)16-25-31(28,29)22-12-10-21(30-2)11-13-22/h3-13,15,17,25H,14,16H2,1-2H3. The molecule has 1 aliphatic heterocycles. The Morgan fingerprint density at radius 3 is 2.45 bits per heavy atom. The first-order valence-corrected chi connectivity index (χ1v) is 11.5. The van der Waals surface area contributed by atoms with Crippen molar-refractivity contribution in [2.24, 2.45) is 0 Å². The van der Waals surface area contributed by atoms with Crippen molar-refractivity contribution in [3.05, 3.63) is 89.5 Å². The lowest BCUT2D eigenvalue weighted by molar-refractivity contribution is 0.0981. The van der Waals surface area contributed by atoms with Gasteiger partial charge in [0, 0.05) is 23.8 Å². The number of sulfonamides is 1. The van der Waals surface area contributed by atoms with Crippen LogP contribution in [0.25, 0.3) is 0 Å². The van der Waals surface area contributed by atoms with Crippen LogP contribution in [0.5, 0.6) is 5.75 Å². The Morgan fingerprint density at radius 2 is 1.77 bits per heavy atom. The zero-order chi connectivity index (χ0) is 22.0. The summed E-state index contributed by atoms with van der Waals surface area (Å²) in [4.78, 5) is 15.1. The molecular formula is C24H24N2O4S. The highest BCUT2D eigenvalue weighted by molar-refractivity contribution is 7.89. The number of rotatable bonds is 6. The second kappa shape index (κ2) is 8.53. The molecule has 3 aromatic carbocycles. The van der Waals surface area contributed by atoms with Crippen molar-refractivity contribution in [1.29, 1.82) is 0 Å². The van der Waals surface area contributed by atoms with Crippen LogP contribution in [0, 0.1) is 0 Å². The molecule has 1 heterocycles. The van der Waals surface area contributed by atoms with Gasteiger partial charge in [0.25, 0.3) is 5.91 Å². The molecular weight excluding hydrogens is 412 g/mol. The fourth-order valence-corrected chi connectivity index (χ4v) is 4.83. The molecule has 3 aromatic rings. The summed E-state index contributed by atoms with van der Waals surface area (Å²) in [6, 6.07) is 21.2. The number of nitrogens with one attached hydrogen (secondary N) is 1. The molecule has 0 bridgehead atoms. The molecule has 6 nitrogen and oxygen atoms in total. The molecule has 0 fully saturated rings. The molecule has 7 heteroatoms. The Bertz CT molecular complexity index is 1190. The summed E-state index contributed by atoms with van der Waals surface area (Å²) in [6.45, 7) is 2.15. The highest BCUT2D eigenvalue weighted by Gasteiger charge is 2.31. The maximum atomic E-state index is 13.1. The highest BCUT2D eigenvalue weighted by atomic mass is 32.2. The van der Waals surface area contributed by atoms with Gasteiger partial charge in [0.1, 0.15) is 5.75 Å². The van der Waals surface area contributed by atoms with Crippen LogP contribution in [0.2, 0.25) is 0 Å². The van der Waals surface area contributed by atoms with E-state index in [1.54, 1.807) is 29.2 Å². The van der Waals surface area contributed by atoms with Crippen LogP contribution in [-0.2, 0) is 23.0 Å². The molecule has 0 aliphatic carbocycles. The molecule has 1 N–H and O–H groups in total. The van der Waals surface area contributed by atoms with Gasteiger partial charge in [-0.15, -0.1) is 0 Å². The molecule has 0 aromatic heterocycles. The Kier molecular flexibility index (Phi) is 5.80. The molecule has 0 radical (unpaired) electrons. The van der Waals surface area contributed by atoms with E-state index >= 15 is 0 Å². The number of methoxy groups -OCH3 is 1. The number of hydrogen-bond donors (Lipinski definition) is 1. The fourth-order valence-electron chi connectivity index (χ4n) is 3.81. The first-order chi connectivity index (χ1) is 14.9. The number of ether oxygens (including phenoxy) is 1. The molecule has 4 rings (SSSR count). The van der Waals surface area contributed by atoms with Crippen LogP contribution in [-0.4, -0.2) is 27.5 Å². The van der Waals surface area contributed by atoms with Crippen LogP contribution >= 0.6 is 0 Å². The second-order valence-corrected chi connectivity index (χ2v) is 9.32. The summed E-state index contributed by atoms with van der Waals surface area (Å²) in [5.41, 5.74) is 3.34. The van der Waals surface area contributed by atoms with E-state index in [-0.39, 0.29) is 23.4 Å². The zero-order valence-corrected chi connectivity index (χ0v) is 18.2. The van der Waals surface area contributed by atoms with Gasteiger partial charge in [-0.25, -0.2) is 13.1 Å². The quantitative estimate of drug-likeness (QED) is 0.638. The average Bonchev–Trinajstić information content (AvgIpc) is 3.12. The maximum Gasteiger partial charge on any atom is 0.258 e. The van der Waals surface area contributed by atoms with Crippen LogP contribution < -0.4 is 14.4 Å². The zero-order valence-electron chi connectivity index (χ0n) is 17.4. The second-order valence-electron chi connectivity index (χ2n) is 7.56. The van der Waals surface area contributed by atoms with Gasteiger partial charge in [-0.3, -0.25) is 4.79 Å². The predicted molar refractivity (Wildman–Crippen MR) is 120 cm³/mol. The number of benzene rings is 3. The van der Waals surface area contributed by atoms with E-state index in [4.69, 9.17) is 4.74 Å². The van der Waals surface area contributed by atoms with E-state index in [1.807, 2.05) is 43.3 Å². The molecule has 1 amide bonds. The summed E-state index contributed by atoms with van der Waals surface area (Å²) in [6.07, 6.45) is 0.770. The van der Waals surface area contributed by atoms with Crippen molar-refractivity contribution in [2.45, 2.75) is 30.8 Å². The third-order valence-electron chi connectivity index (χ3n) is 5.44. The number of anilines is 1. The third kappa shape index (κ3) is 4.33. The lowest BCUT2D eigenvalue weighted by Gasteiger charge is -2.23. The first-order valence-electron chi connectivity index (χ1n) is 10.0. The summed E-state index contributed by atoms with van der Waals surface area (Å²) in [7, 11) is -2.14. The molecule has 1 aliphatic rings. The Morgan fingerprint density at radius 1 is 1.06 bits per heavy atom. The molecule has 1 unspecified atom stereocenters. The van der Waals surface area contributed by atoms with Gasteiger partial charge in [-0.2, -0.15) is 0 Å². The third-order valence-corrected chi connectivity index (χ3v) is 6.86. The Labute approximate surface area is 182 Å². The minimum Gasteiger partial charge on any atom is -0.497 e. The van der Waals surface area contributed by atoms with Crippen molar-refractivity contribution in [3.8, 4) is 5.75 Å². The molecule has 0 spiro atoms. The number of amides is 1. The van der Waals surface area contributed by atoms with Crippen molar-refractivity contribution in [2.75, 3.05) is 12.0 Å². The van der Waals surface area contributed by atoms with Crippen LogP contribution in [0.1, 0.15) is 28.4 Å². The van der Waals surface area contributed by atoms with Gasteiger partial charge in [0.05, 0.1) is 12.0 Å². The van der Waals surface area contributed by atoms with Crippen molar-refractivity contribution < 1.29 is 17.9 Å². The van der Waals surface area contributed by atoms with Crippen LogP contribution in [0.4, 0.5) is 5.69 Å². The topological polar surface area (TPSA) is 75.7 Å². The van der Waals surface area contributed by atoms with E-state index < -0.39 is 10.0 Å². The molecule has 160 valence electrons. The summed E-state index contributed by atoms with van der Waals surface area (Å²) in [5.74, 6) is 0.540. The van der Waals surface area contributed by atoms with Crippen molar-refractivity contribution in [3.63, 3.8) is 0 Å². The predicted octanol–water partition coefficient (Wildman–Crippen LogP) is 3.77. The van der Waals surface area contributed by atoms with Gasteiger partial charge in [-0.05, 0) is 66.9 Å². The van der Waals surface area contributed by atoms with E-state index in [9.17, 15) is 13.2 Å². The number of hydrogen-bond acceptors (Lipinski definition) is 4. The van der Waals surface area contributed by atoms with Gasteiger partial charge in [0.15, 0.2) is 0 Å². The summed E-state index contributed by atoms with van der Waals surface area (Å²) < 4.78 is 33.0. The highest BCUT2D eigenvalue weighted by Crippen LogP contribution is 2.34. The first kappa shape index (κ1) is 21.1. The lowest BCUT2D eigenvalue weighted by Crippen LogP contribution is -2.35. The van der Waals surface area contributed by atoms with E-state index in [0.29, 0.717) is 11.3 Å². The number of carbonyl (C=O) groups excluding carboxylic acids is 1. The average molecular weight is 437 g/mol. The molecule has 0 saturated heterocycles. The molecule has 0 saturated carbocycles. The minimum atomic E-state index is -3.67. The smallest absolute Gasteiger partial charge is 0.258 e. The van der Waals surface area contributed by atoms with Crippen LogP contribution in [0.15, 0.2) is 77.7 Å². The number of carbonyl (C=O) groups is 1. The molecule has 31 heavy (non-hydrogen) atoms. The SMILES string of the molecule is COc1ccc(S(=O)(=O)NCc2ccc3c(c2)N(C(=O)c2ccccc2)C(C)C3)cc1. The summed E-state index contributed by atoms with van der Waals surface area (Å²) >= 11 is 0. The Balaban J connectivity index is 1.54. The van der Waals surface area contributed by atoms with Crippen molar-refractivity contribution in [1.82, 2.24) is 4.72 Å². The normalized spacial score (nSPS) is 15.5. The van der Waals surface area contributed by atoms with E-state index in [2.05, 4.69) is 4.72 Å². The molecule has 1 atom stereocenters. The summed E-state index contributed by atoms with van der Waals surface area (Å²) in [5, 5.41) is 0. The van der Waals surface area contributed by atoms with E-state index in [0.717, 1.165) is 23.2 Å². The van der Waals surface area contributed by atoms with Gasteiger partial charge < -0.3 is 9.64 Å². The number of fused-ring (bicyclic) bond motifs is 1. The van der Waals surface area contributed by atoms with Crippen LogP contribution in [0.3, 0.4) is 0 Å². The maximum absolute atomic E-state index is 13.1. The fraction of sp³-hybridized carbons (Fsp3) is 0.208. The van der Waals surface area contributed by atoms with E-state index in [1.165, 1.54) is 19.2 Å². The largest absolute Gasteiger partial charge is 0.497 e. The van der Waals surface area contributed by atoms with Gasteiger partial charge >= 0.3 is 0 Å². The van der Waals surface area contributed by atoms with Gasteiger partial charge in [0.2, 0.25) is 10.0 Å². The van der Waals surface area contributed by atoms with Crippen molar-refractivity contribution >= 4 is 21.6 Å². The number of nitrogens with zero attached hydrogens (tertiary/aromatic N) is 1.